The van der Waals surface area contributed by atoms with Gasteiger partial charge in [-0.3, -0.25) is 4.90 Å². The van der Waals surface area contributed by atoms with Gasteiger partial charge in [0.2, 0.25) is 0 Å². The first-order chi connectivity index (χ1) is 9.76. The number of piperidine rings is 1. The minimum atomic E-state index is -0.487. The molecule has 124 valence electrons. The van der Waals surface area contributed by atoms with E-state index in [9.17, 15) is 4.79 Å². The number of nitrogens with two attached hydrogens (primary N) is 1. The Hall–Kier alpha value is -0.850. The van der Waals surface area contributed by atoms with Crippen molar-refractivity contribution in [1.82, 2.24) is 10.2 Å². The van der Waals surface area contributed by atoms with Crippen molar-refractivity contribution < 1.29 is 14.3 Å². The summed E-state index contributed by atoms with van der Waals surface area (Å²) in [5, 5.41) is 2.90. The molecule has 0 aliphatic carbocycles. The smallest absolute Gasteiger partial charge is 0.407 e. The molecule has 1 fully saturated rings. The van der Waals surface area contributed by atoms with Crippen LogP contribution in [-0.4, -0.2) is 61.5 Å². The number of nitrogens with zero attached hydrogens (tertiary/aromatic N) is 1. The van der Waals surface area contributed by atoms with E-state index in [0.717, 1.165) is 25.9 Å². The van der Waals surface area contributed by atoms with E-state index in [2.05, 4.69) is 10.2 Å². The van der Waals surface area contributed by atoms with Gasteiger partial charge in [-0.05, 0) is 40.5 Å². The lowest BCUT2D eigenvalue weighted by atomic mass is 10.0. The lowest BCUT2D eigenvalue weighted by molar-refractivity contribution is 0.0193. The number of likely N-dealkylation sites (tertiary alicyclic amines) is 1. The highest BCUT2D eigenvalue weighted by Crippen LogP contribution is 2.17. The molecule has 21 heavy (non-hydrogen) atoms. The third-order valence-electron chi connectivity index (χ3n) is 3.84. The van der Waals surface area contributed by atoms with Crippen molar-refractivity contribution in [2.75, 3.05) is 26.7 Å². The quantitative estimate of drug-likeness (QED) is 0.801. The van der Waals surface area contributed by atoms with Gasteiger partial charge >= 0.3 is 6.09 Å². The summed E-state index contributed by atoms with van der Waals surface area (Å²) in [4.78, 5) is 14.2. The average Bonchev–Trinajstić information content (AvgIpc) is 2.38. The number of hydrogen-bond acceptors (Lipinski definition) is 5. The van der Waals surface area contributed by atoms with Crippen LogP contribution >= 0.6 is 0 Å². The van der Waals surface area contributed by atoms with E-state index in [0.29, 0.717) is 12.6 Å². The van der Waals surface area contributed by atoms with Gasteiger partial charge in [-0.15, -0.1) is 0 Å². The minimum Gasteiger partial charge on any atom is -0.444 e. The van der Waals surface area contributed by atoms with Crippen molar-refractivity contribution in [3.05, 3.63) is 0 Å². The topological polar surface area (TPSA) is 76.8 Å². The van der Waals surface area contributed by atoms with Crippen LogP contribution < -0.4 is 11.1 Å². The number of alkyl carbamates (subject to hydrolysis) is 1. The lowest BCUT2D eigenvalue weighted by Gasteiger charge is -2.39. The number of amides is 1. The van der Waals surface area contributed by atoms with Crippen LogP contribution in [0.25, 0.3) is 0 Å². The third-order valence-corrected chi connectivity index (χ3v) is 3.84. The summed E-state index contributed by atoms with van der Waals surface area (Å²) >= 11 is 0. The number of rotatable bonds is 5. The molecule has 0 saturated carbocycles. The monoisotopic (exact) mass is 301 g/mol. The summed E-state index contributed by atoms with van der Waals surface area (Å²) < 4.78 is 10.7. The Morgan fingerprint density at radius 1 is 1.38 bits per heavy atom. The fourth-order valence-electron chi connectivity index (χ4n) is 2.70. The molecule has 0 radical (unpaired) electrons. The molecule has 1 aliphatic heterocycles. The van der Waals surface area contributed by atoms with Gasteiger partial charge in [0.05, 0.1) is 6.10 Å². The van der Waals surface area contributed by atoms with Crippen LogP contribution in [0.1, 0.15) is 40.5 Å². The Morgan fingerprint density at radius 3 is 2.38 bits per heavy atom. The van der Waals surface area contributed by atoms with Crippen molar-refractivity contribution in [3.8, 4) is 0 Å². The average molecular weight is 301 g/mol. The normalized spacial score (nSPS) is 20.9. The van der Waals surface area contributed by atoms with Gasteiger partial charge in [0, 0.05) is 38.8 Å². The number of hydrogen-bond donors (Lipinski definition) is 2. The van der Waals surface area contributed by atoms with Gasteiger partial charge in [0.1, 0.15) is 5.60 Å². The number of carbonyl (C=O) groups excluding carboxylic acids is 1. The standard InChI is InChI=1S/C15H31N3O3/c1-11(17-14(19)21-15(2,3)4)13(10-16)18-8-6-12(20-5)7-9-18/h11-13H,6-10,16H2,1-5H3,(H,17,19). The molecular formula is C15H31N3O3. The molecule has 2 unspecified atom stereocenters. The fraction of sp³-hybridized carbons (Fsp3) is 0.933. The largest absolute Gasteiger partial charge is 0.444 e. The van der Waals surface area contributed by atoms with Gasteiger partial charge in [-0.2, -0.15) is 0 Å². The van der Waals surface area contributed by atoms with E-state index in [1.165, 1.54) is 0 Å². The number of nitrogens with one attached hydrogen (secondary N) is 1. The Bertz CT molecular complexity index is 323. The summed E-state index contributed by atoms with van der Waals surface area (Å²) in [6, 6.07) is 0.0688. The van der Waals surface area contributed by atoms with Crippen molar-refractivity contribution in [2.45, 2.75) is 64.3 Å². The lowest BCUT2D eigenvalue weighted by Crippen LogP contribution is -2.56. The molecule has 1 heterocycles. The van der Waals surface area contributed by atoms with E-state index in [4.69, 9.17) is 15.2 Å². The van der Waals surface area contributed by atoms with Crippen LogP contribution in [0.3, 0.4) is 0 Å². The van der Waals surface area contributed by atoms with Crippen molar-refractivity contribution in [3.63, 3.8) is 0 Å². The Balaban J connectivity index is 2.50. The Labute approximate surface area is 128 Å². The molecule has 2 atom stereocenters. The molecule has 0 bridgehead atoms. The zero-order valence-electron chi connectivity index (χ0n) is 14.0. The summed E-state index contributed by atoms with van der Waals surface area (Å²) in [6.45, 7) is 9.94. The predicted octanol–water partition coefficient (Wildman–Crippen LogP) is 1.34. The van der Waals surface area contributed by atoms with Gasteiger partial charge in [-0.1, -0.05) is 0 Å². The molecular weight excluding hydrogens is 270 g/mol. The second-order valence-electron chi connectivity index (χ2n) is 6.71. The highest BCUT2D eigenvalue weighted by atomic mass is 16.6. The highest BCUT2D eigenvalue weighted by molar-refractivity contribution is 5.68. The minimum absolute atomic E-state index is 0.0519. The first kappa shape index (κ1) is 18.2. The molecule has 0 aromatic rings. The molecule has 0 spiro atoms. The first-order valence-electron chi connectivity index (χ1n) is 7.73. The first-order valence-corrected chi connectivity index (χ1v) is 7.73. The Morgan fingerprint density at radius 2 is 1.95 bits per heavy atom. The summed E-state index contributed by atoms with van der Waals surface area (Å²) in [5.41, 5.74) is 5.42. The third kappa shape index (κ3) is 6.20. The van der Waals surface area contributed by atoms with Crippen LogP contribution in [0.2, 0.25) is 0 Å². The Kier molecular flexibility index (Phi) is 6.90. The van der Waals surface area contributed by atoms with E-state index in [1.54, 1.807) is 7.11 Å². The van der Waals surface area contributed by atoms with E-state index in [-0.39, 0.29) is 18.2 Å². The maximum absolute atomic E-state index is 11.9. The second-order valence-corrected chi connectivity index (χ2v) is 6.71. The molecule has 0 aromatic carbocycles. The van der Waals surface area contributed by atoms with Gasteiger partial charge in [-0.25, -0.2) is 4.79 Å². The van der Waals surface area contributed by atoms with Gasteiger partial charge in [0.15, 0.2) is 0 Å². The van der Waals surface area contributed by atoms with E-state index >= 15 is 0 Å². The van der Waals surface area contributed by atoms with Crippen LogP contribution in [0.5, 0.6) is 0 Å². The van der Waals surface area contributed by atoms with Crippen LogP contribution in [0, 0.1) is 0 Å². The summed E-state index contributed by atoms with van der Waals surface area (Å²) in [7, 11) is 1.76. The maximum atomic E-state index is 11.9. The van der Waals surface area contributed by atoms with Crippen LogP contribution in [0.4, 0.5) is 4.79 Å². The molecule has 1 aliphatic rings. The van der Waals surface area contributed by atoms with Crippen molar-refractivity contribution in [2.24, 2.45) is 5.73 Å². The molecule has 1 amide bonds. The summed E-state index contributed by atoms with van der Waals surface area (Å²) in [6.07, 6.45) is 1.97. The molecule has 1 saturated heterocycles. The van der Waals surface area contributed by atoms with Crippen LogP contribution in [-0.2, 0) is 9.47 Å². The number of carbonyl (C=O) groups is 1. The zero-order valence-corrected chi connectivity index (χ0v) is 14.0. The fourth-order valence-corrected chi connectivity index (χ4v) is 2.70. The zero-order chi connectivity index (χ0) is 16.0. The van der Waals surface area contributed by atoms with Gasteiger partial charge in [0.25, 0.3) is 0 Å². The maximum Gasteiger partial charge on any atom is 0.407 e. The van der Waals surface area contributed by atoms with Crippen LogP contribution in [0.15, 0.2) is 0 Å². The SMILES string of the molecule is COC1CCN(C(CN)C(C)NC(=O)OC(C)(C)C)CC1. The van der Waals surface area contributed by atoms with Crippen molar-refractivity contribution in [1.29, 1.82) is 0 Å². The van der Waals surface area contributed by atoms with Gasteiger partial charge < -0.3 is 20.5 Å². The molecule has 3 N–H and O–H groups in total. The molecule has 6 heteroatoms. The number of ether oxygens (including phenoxy) is 2. The van der Waals surface area contributed by atoms with Crippen molar-refractivity contribution >= 4 is 6.09 Å². The van der Waals surface area contributed by atoms with E-state index in [1.807, 2.05) is 27.7 Å². The molecule has 6 nitrogen and oxygen atoms in total. The molecule has 1 rings (SSSR count). The molecule has 0 aromatic heterocycles. The summed E-state index contributed by atoms with van der Waals surface area (Å²) in [5.74, 6) is 0. The number of methoxy groups -OCH3 is 1. The van der Waals surface area contributed by atoms with E-state index < -0.39 is 5.60 Å². The highest BCUT2D eigenvalue weighted by Gasteiger charge is 2.29. The second kappa shape index (κ2) is 7.96. The predicted molar refractivity (Wildman–Crippen MR) is 83.3 cm³/mol.